The van der Waals surface area contributed by atoms with Gasteiger partial charge in [0.2, 0.25) is 0 Å². The first-order valence-electron chi connectivity index (χ1n) is 9.86. The lowest BCUT2D eigenvalue weighted by Crippen LogP contribution is -2.40. The maximum atomic E-state index is 5.44. The van der Waals surface area contributed by atoms with Crippen molar-refractivity contribution in [1.29, 1.82) is 0 Å². The summed E-state index contributed by atoms with van der Waals surface area (Å²) in [5, 5.41) is 3.50. The van der Waals surface area contributed by atoms with Crippen LogP contribution in [0.2, 0.25) is 0 Å². The van der Waals surface area contributed by atoms with Crippen LogP contribution in [0.15, 0.2) is 29.3 Å². The second-order valence-electron chi connectivity index (χ2n) is 7.40. The van der Waals surface area contributed by atoms with E-state index in [0.717, 1.165) is 51.0 Å². The molecule has 5 nitrogen and oxygen atoms in total. The zero-order valence-corrected chi connectivity index (χ0v) is 17.0. The molecule has 0 aromatic heterocycles. The first-order valence-corrected chi connectivity index (χ1v) is 9.86. The maximum absolute atomic E-state index is 5.44. The Morgan fingerprint density at radius 2 is 1.85 bits per heavy atom. The van der Waals surface area contributed by atoms with Crippen molar-refractivity contribution in [2.45, 2.75) is 32.1 Å². The summed E-state index contributed by atoms with van der Waals surface area (Å²) >= 11 is 0. The molecule has 0 amide bonds. The van der Waals surface area contributed by atoms with Crippen molar-refractivity contribution in [3.8, 4) is 0 Å². The number of guanidine groups is 1. The monoisotopic (exact) mass is 360 g/mol. The molecule has 1 fully saturated rings. The van der Waals surface area contributed by atoms with Gasteiger partial charge in [-0.2, -0.15) is 0 Å². The van der Waals surface area contributed by atoms with Gasteiger partial charge in [-0.05, 0) is 55.7 Å². The predicted molar refractivity (Wildman–Crippen MR) is 111 cm³/mol. The highest BCUT2D eigenvalue weighted by Gasteiger charge is 2.15. The highest BCUT2D eigenvalue weighted by Crippen LogP contribution is 2.18. The maximum Gasteiger partial charge on any atom is 0.193 e. The SMILES string of the molecule is CN=C(NCCCc1ccc(N(C)C)cc1)N(C)CCC1CCOCC1. The summed E-state index contributed by atoms with van der Waals surface area (Å²) in [7, 11) is 8.15. The molecule has 1 aliphatic rings. The first kappa shape index (κ1) is 20.6. The summed E-state index contributed by atoms with van der Waals surface area (Å²) < 4.78 is 5.44. The number of aryl methyl sites for hydroxylation is 1. The van der Waals surface area contributed by atoms with Gasteiger partial charge in [-0.3, -0.25) is 4.99 Å². The standard InChI is InChI=1S/C21H36N4O/c1-22-21(25(4)15-11-19-12-16-26-17-13-19)23-14-5-6-18-7-9-20(10-8-18)24(2)3/h7-10,19H,5-6,11-17H2,1-4H3,(H,22,23). The van der Waals surface area contributed by atoms with Crippen molar-refractivity contribution in [3.05, 3.63) is 29.8 Å². The number of benzene rings is 1. The number of rotatable bonds is 8. The third kappa shape index (κ3) is 6.87. The molecule has 0 unspecified atom stereocenters. The molecule has 0 aliphatic carbocycles. The molecule has 1 aliphatic heterocycles. The largest absolute Gasteiger partial charge is 0.381 e. The quantitative estimate of drug-likeness (QED) is 0.439. The van der Waals surface area contributed by atoms with Gasteiger partial charge in [-0.25, -0.2) is 0 Å². The van der Waals surface area contributed by atoms with Crippen molar-refractivity contribution < 1.29 is 4.74 Å². The smallest absolute Gasteiger partial charge is 0.193 e. The Morgan fingerprint density at radius 3 is 2.46 bits per heavy atom. The van der Waals surface area contributed by atoms with E-state index in [1.54, 1.807) is 0 Å². The molecular weight excluding hydrogens is 324 g/mol. The van der Waals surface area contributed by atoms with Crippen molar-refractivity contribution >= 4 is 11.6 Å². The average molecular weight is 361 g/mol. The van der Waals surface area contributed by atoms with Gasteiger partial charge in [-0.15, -0.1) is 0 Å². The number of hydrogen-bond donors (Lipinski definition) is 1. The van der Waals surface area contributed by atoms with Crippen molar-refractivity contribution in [2.24, 2.45) is 10.9 Å². The molecule has 1 N–H and O–H groups in total. The minimum atomic E-state index is 0.800. The second kappa shape index (κ2) is 11.1. The van der Waals surface area contributed by atoms with E-state index in [1.807, 2.05) is 7.05 Å². The van der Waals surface area contributed by atoms with Crippen LogP contribution in [0.5, 0.6) is 0 Å². The second-order valence-corrected chi connectivity index (χ2v) is 7.40. The molecule has 0 radical (unpaired) electrons. The fourth-order valence-electron chi connectivity index (χ4n) is 3.36. The van der Waals surface area contributed by atoms with E-state index in [9.17, 15) is 0 Å². The topological polar surface area (TPSA) is 40.1 Å². The van der Waals surface area contributed by atoms with Crippen LogP contribution in [-0.2, 0) is 11.2 Å². The van der Waals surface area contributed by atoms with Crippen molar-refractivity contribution in [2.75, 3.05) is 59.4 Å². The van der Waals surface area contributed by atoms with Crippen molar-refractivity contribution in [1.82, 2.24) is 10.2 Å². The van der Waals surface area contributed by atoms with E-state index in [-0.39, 0.29) is 0 Å². The molecule has 5 heteroatoms. The van der Waals surface area contributed by atoms with Gasteiger partial charge in [0, 0.05) is 60.2 Å². The first-order chi connectivity index (χ1) is 12.6. The Labute approximate surface area is 159 Å². The summed E-state index contributed by atoms with van der Waals surface area (Å²) in [6, 6.07) is 8.83. The molecule has 146 valence electrons. The zero-order valence-electron chi connectivity index (χ0n) is 17.0. The Kier molecular flexibility index (Phi) is 8.75. The molecule has 1 aromatic rings. The van der Waals surface area contributed by atoms with E-state index >= 15 is 0 Å². The average Bonchev–Trinajstić information content (AvgIpc) is 2.67. The lowest BCUT2D eigenvalue weighted by atomic mass is 9.96. The van der Waals surface area contributed by atoms with Crippen LogP contribution in [0.3, 0.4) is 0 Å². The number of hydrogen-bond acceptors (Lipinski definition) is 3. The van der Waals surface area contributed by atoms with Crippen LogP contribution in [0.4, 0.5) is 5.69 Å². The van der Waals surface area contributed by atoms with Crippen LogP contribution in [0, 0.1) is 5.92 Å². The lowest BCUT2D eigenvalue weighted by Gasteiger charge is -2.26. The highest BCUT2D eigenvalue weighted by molar-refractivity contribution is 5.79. The number of ether oxygens (including phenoxy) is 1. The van der Waals surface area contributed by atoms with E-state index in [1.165, 1.54) is 30.5 Å². The Hall–Kier alpha value is -1.75. The molecule has 2 rings (SSSR count). The Morgan fingerprint density at radius 1 is 1.15 bits per heavy atom. The number of anilines is 1. The molecule has 26 heavy (non-hydrogen) atoms. The summed E-state index contributed by atoms with van der Waals surface area (Å²) in [4.78, 5) is 8.81. The van der Waals surface area contributed by atoms with E-state index in [2.05, 4.69) is 65.5 Å². The molecule has 1 aromatic carbocycles. The van der Waals surface area contributed by atoms with Gasteiger partial charge >= 0.3 is 0 Å². The normalized spacial score (nSPS) is 15.8. The number of aliphatic imine (C=N–C) groups is 1. The van der Waals surface area contributed by atoms with Gasteiger partial charge < -0.3 is 19.9 Å². The fourth-order valence-corrected chi connectivity index (χ4v) is 3.36. The van der Waals surface area contributed by atoms with Crippen LogP contribution in [0.1, 0.15) is 31.2 Å². The summed E-state index contributed by atoms with van der Waals surface area (Å²) in [6.45, 7) is 3.85. The van der Waals surface area contributed by atoms with Crippen LogP contribution in [0.25, 0.3) is 0 Å². The summed E-state index contributed by atoms with van der Waals surface area (Å²) in [6.07, 6.45) is 5.81. The molecule has 0 bridgehead atoms. The molecule has 0 saturated carbocycles. The van der Waals surface area contributed by atoms with E-state index < -0.39 is 0 Å². The molecule has 0 atom stereocenters. The van der Waals surface area contributed by atoms with Crippen LogP contribution >= 0.6 is 0 Å². The van der Waals surface area contributed by atoms with Gasteiger partial charge in [0.15, 0.2) is 5.96 Å². The van der Waals surface area contributed by atoms with Gasteiger partial charge in [0.05, 0.1) is 0 Å². The number of nitrogens with one attached hydrogen (secondary N) is 1. The van der Waals surface area contributed by atoms with E-state index in [0.29, 0.717) is 0 Å². The molecule has 1 heterocycles. The third-order valence-corrected chi connectivity index (χ3v) is 5.17. The molecule has 0 spiro atoms. The van der Waals surface area contributed by atoms with Crippen LogP contribution < -0.4 is 10.2 Å². The molecule has 1 saturated heterocycles. The highest BCUT2D eigenvalue weighted by atomic mass is 16.5. The lowest BCUT2D eigenvalue weighted by molar-refractivity contribution is 0.0625. The number of nitrogens with zero attached hydrogens (tertiary/aromatic N) is 3. The minimum Gasteiger partial charge on any atom is -0.381 e. The van der Waals surface area contributed by atoms with E-state index in [4.69, 9.17) is 4.74 Å². The fraction of sp³-hybridized carbons (Fsp3) is 0.667. The Balaban J connectivity index is 1.65. The Bertz CT molecular complexity index is 535. The summed E-state index contributed by atoms with van der Waals surface area (Å²) in [5.74, 6) is 1.80. The van der Waals surface area contributed by atoms with Gasteiger partial charge in [0.1, 0.15) is 0 Å². The van der Waals surface area contributed by atoms with Gasteiger partial charge in [0.25, 0.3) is 0 Å². The van der Waals surface area contributed by atoms with Gasteiger partial charge in [-0.1, -0.05) is 12.1 Å². The zero-order chi connectivity index (χ0) is 18.8. The minimum absolute atomic E-state index is 0.800. The third-order valence-electron chi connectivity index (χ3n) is 5.17. The van der Waals surface area contributed by atoms with Crippen molar-refractivity contribution in [3.63, 3.8) is 0 Å². The summed E-state index contributed by atoms with van der Waals surface area (Å²) in [5.41, 5.74) is 2.64. The van der Waals surface area contributed by atoms with Crippen LogP contribution in [-0.4, -0.2) is 65.4 Å². The predicted octanol–water partition coefficient (Wildman–Crippen LogP) is 3.01. The molecular formula is C21H36N4O.